The molecule has 0 radical (unpaired) electrons. The minimum absolute atomic E-state index is 0.0899. The van der Waals surface area contributed by atoms with E-state index >= 15 is 0 Å². The molecule has 31 heavy (non-hydrogen) atoms. The Hall–Kier alpha value is -3.48. The fraction of sp³-hybridized carbons (Fsp3) is 0.333. The Kier molecular flexibility index (Phi) is 9.94. The van der Waals surface area contributed by atoms with Crippen LogP contribution in [-0.2, 0) is 16.1 Å². The zero-order valence-electron chi connectivity index (χ0n) is 17.7. The lowest BCUT2D eigenvalue weighted by molar-refractivity contribution is -0.384. The Morgan fingerprint density at radius 2 is 1.77 bits per heavy atom. The number of nitrogens with zero attached hydrogens (tertiary/aromatic N) is 1. The first kappa shape index (κ1) is 23.8. The van der Waals surface area contributed by atoms with Crippen LogP contribution in [-0.4, -0.2) is 22.9 Å². The number of allylic oxidation sites excluding steroid dienone is 2. The fourth-order valence-corrected chi connectivity index (χ4v) is 2.94. The van der Waals surface area contributed by atoms with Crippen LogP contribution in [0.3, 0.4) is 0 Å². The van der Waals surface area contributed by atoms with Crippen LogP contribution < -0.4 is 5.32 Å². The van der Waals surface area contributed by atoms with E-state index in [0.717, 1.165) is 18.4 Å². The van der Waals surface area contributed by atoms with Gasteiger partial charge in [-0.25, -0.2) is 4.79 Å². The standard InChI is InChI=1S/C24H28N2O5/c1-2-3-4-8-11-22(16-17-23(27)25-18-19-9-6-5-7-10-19)31-24(28)20-12-14-21(15-13-20)26(29)30/h3-7,9-10,12-15,22H,2,8,11,16-18H2,1H3,(H,25,27)/b4-3-/t22-/m0/s1. The molecule has 0 unspecified atom stereocenters. The van der Waals surface area contributed by atoms with E-state index in [1.165, 1.54) is 24.3 Å². The van der Waals surface area contributed by atoms with Crippen molar-refractivity contribution in [2.24, 2.45) is 0 Å². The van der Waals surface area contributed by atoms with Gasteiger partial charge in [-0.1, -0.05) is 49.4 Å². The number of non-ortho nitro benzene ring substituents is 1. The van der Waals surface area contributed by atoms with E-state index in [1.807, 2.05) is 49.4 Å². The van der Waals surface area contributed by atoms with Crippen molar-refractivity contribution in [2.45, 2.75) is 51.7 Å². The molecule has 0 fully saturated rings. The fourth-order valence-electron chi connectivity index (χ4n) is 2.94. The number of esters is 1. The number of rotatable bonds is 12. The minimum atomic E-state index is -0.552. The second-order valence-corrected chi connectivity index (χ2v) is 7.09. The van der Waals surface area contributed by atoms with Crippen LogP contribution in [0.2, 0.25) is 0 Å². The van der Waals surface area contributed by atoms with Crippen molar-refractivity contribution in [2.75, 3.05) is 0 Å². The number of benzene rings is 2. The normalized spacial score (nSPS) is 11.8. The lowest BCUT2D eigenvalue weighted by atomic mass is 10.1. The third kappa shape index (κ3) is 8.82. The van der Waals surface area contributed by atoms with E-state index in [4.69, 9.17) is 4.74 Å². The quantitative estimate of drug-likeness (QED) is 0.225. The summed E-state index contributed by atoms with van der Waals surface area (Å²) in [6, 6.07) is 14.9. The van der Waals surface area contributed by atoms with Gasteiger partial charge in [0.2, 0.25) is 5.91 Å². The van der Waals surface area contributed by atoms with Gasteiger partial charge in [0.15, 0.2) is 0 Å². The van der Waals surface area contributed by atoms with E-state index < -0.39 is 17.0 Å². The molecule has 0 heterocycles. The topological polar surface area (TPSA) is 98.5 Å². The summed E-state index contributed by atoms with van der Waals surface area (Å²) < 4.78 is 5.61. The number of nitro groups is 1. The number of ether oxygens (including phenoxy) is 1. The summed E-state index contributed by atoms with van der Waals surface area (Å²) in [5.41, 5.74) is 1.17. The minimum Gasteiger partial charge on any atom is -0.459 e. The van der Waals surface area contributed by atoms with Crippen LogP contribution >= 0.6 is 0 Å². The number of carbonyl (C=O) groups is 2. The Balaban J connectivity index is 1.90. The number of nitro benzene ring substituents is 1. The van der Waals surface area contributed by atoms with Gasteiger partial charge in [-0.15, -0.1) is 0 Å². The van der Waals surface area contributed by atoms with Crippen molar-refractivity contribution < 1.29 is 19.2 Å². The molecule has 7 heteroatoms. The van der Waals surface area contributed by atoms with E-state index in [0.29, 0.717) is 19.4 Å². The Morgan fingerprint density at radius 3 is 2.42 bits per heavy atom. The molecule has 1 N–H and O–H groups in total. The molecule has 0 aromatic heterocycles. The largest absolute Gasteiger partial charge is 0.459 e. The Labute approximate surface area is 182 Å². The number of hydrogen-bond donors (Lipinski definition) is 1. The predicted molar refractivity (Wildman–Crippen MR) is 118 cm³/mol. The zero-order chi connectivity index (χ0) is 22.5. The summed E-state index contributed by atoms with van der Waals surface area (Å²) >= 11 is 0. The second-order valence-electron chi connectivity index (χ2n) is 7.09. The highest BCUT2D eigenvalue weighted by atomic mass is 16.6. The molecule has 0 saturated heterocycles. The highest BCUT2D eigenvalue weighted by Gasteiger charge is 2.18. The number of nitrogens with one attached hydrogen (secondary N) is 1. The highest BCUT2D eigenvalue weighted by Crippen LogP contribution is 2.17. The van der Waals surface area contributed by atoms with Gasteiger partial charge >= 0.3 is 5.97 Å². The van der Waals surface area contributed by atoms with Crippen molar-refractivity contribution in [3.63, 3.8) is 0 Å². The number of amides is 1. The lowest BCUT2D eigenvalue weighted by Crippen LogP contribution is -2.25. The average Bonchev–Trinajstić information content (AvgIpc) is 2.79. The van der Waals surface area contributed by atoms with Crippen molar-refractivity contribution in [3.05, 3.63) is 88.0 Å². The van der Waals surface area contributed by atoms with Gasteiger partial charge in [0.05, 0.1) is 10.5 Å². The molecule has 2 rings (SSSR count). The first-order valence-electron chi connectivity index (χ1n) is 10.4. The first-order chi connectivity index (χ1) is 15.0. The van der Waals surface area contributed by atoms with Crippen LogP contribution in [0.15, 0.2) is 66.7 Å². The summed E-state index contributed by atoms with van der Waals surface area (Å²) in [6.07, 6.45) is 6.55. The van der Waals surface area contributed by atoms with Crippen LogP contribution in [0.4, 0.5) is 5.69 Å². The van der Waals surface area contributed by atoms with Crippen molar-refractivity contribution in [3.8, 4) is 0 Å². The summed E-state index contributed by atoms with van der Waals surface area (Å²) in [5.74, 6) is -0.659. The number of carbonyl (C=O) groups excluding carboxylic acids is 2. The Bertz CT molecular complexity index is 879. The van der Waals surface area contributed by atoms with Gasteiger partial charge in [-0.05, 0) is 43.4 Å². The van der Waals surface area contributed by atoms with Gasteiger partial charge in [-0.3, -0.25) is 14.9 Å². The van der Waals surface area contributed by atoms with Gasteiger partial charge in [0.25, 0.3) is 5.69 Å². The molecule has 164 valence electrons. The maximum Gasteiger partial charge on any atom is 0.338 e. The SMILES string of the molecule is CC/C=C\CC[C@@H](CCC(=O)NCc1ccccc1)OC(=O)c1ccc([N+](=O)[O-])cc1. The van der Waals surface area contributed by atoms with Crippen LogP contribution in [0, 0.1) is 10.1 Å². The monoisotopic (exact) mass is 424 g/mol. The van der Waals surface area contributed by atoms with Gasteiger partial charge in [-0.2, -0.15) is 0 Å². The van der Waals surface area contributed by atoms with E-state index in [9.17, 15) is 19.7 Å². The maximum atomic E-state index is 12.5. The molecule has 0 bridgehead atoms. The van der Waals surface area contributed by atoms with Gasteiger partial charge in [0.1, 0.15) is 6.10 Å². The summed E-state index contributed by atoms with van der Waals surface area (Å²) in [5, 5.41) is 13.6. The van der Waals surface area contributed by atoms with E-state index in [-0.39, 0.29) is 23.6 Å². The van der Waals surface area contributed by atoms with Gasteiger partial charge < -0.3 is 10.1 Å². The molecule has 0 aliphatic rings. The highest BCUT2D eigenvalue weighted by molar-refractivity contribution is 5.89. The molecule has 0 saturated carbocycles. The lowest BCUT2D eigenvalue weighted by Gasteiger charge is -2.17. The van der Waals surface area contributed by atoms with Crippen molar-refractivity contribution in [1.82, 2.24) is 5.32 Å². The van der Waals surface area contributed by atoms with Crippen LogP contribution in [0.5, 0.6) is 0 Å². The zero-order valence-corrected chi connectivity index (χ0v) is 17.7. The summed E-state index contributed by atoms with van der Waals surface area (Å²) in [7, 11) is 0. The number of hydrogen-bond acceptors (Lipinski definition) is 5. The summed E-state index contributed by atoms with van der Waals surface area (Å²) in [4.78, 5) is 34.9. The van der Waals surface area contributed by atoms with E-state index in [2.05, 4.69) is 5.32 Å². The second kappa shape index (κ2) is 13.0. The third-order valence-corrected chi connectivity index (χ3v) is 4.67. The Morgan fingerprint density at radius 1 is 1.06 bits per heavy atom. The molecule has 1 atom stereocenters. The average molecular weight is 424 g/mol. The predicted octanol–water partition coefficient (Wildman–Crippen LogP) is 4.96. The first-order valence-corrected chi connectivity index (χ1v) is 10.4. The van der Waals surface area contributed by atoms with Crippen molar-refractivity contribution >= 4 is 17.6 Å². The molecule has 2 aromatic carbocycles. The molecule has 0 aliphatic heterocycles. The van der Waals surface area contributed by atoms with Crippen LogP contribution in [0.1, 0.15) is 54.9 Å². The van der Waals surface area contributed by atoms with E-state index in [1.54, 1.807) is 0 Å². The smallest absolute Gasteiger partial charge is 0.338 e. The molecular formula is C24H28N2O5. The maximum absolute atomic E-state index is 12.5. The molecule has 2 aromatic rings. The van der Waals surface area contributed by atoms with Crippen LogP contribution in [0.25, 0.3) is 0 Å². The summed E-state index contributed by atoms with van der Waals surface area (Å²) in [6.45, 7) is 2.49. The molecule has 0 spiro atoms. The van der Waals surface area contributed by atoms with Crippen molar-refractivity contribution in [1.29, 1.82) is 0 Å². The molecule has 7 nitrogen and oxygen atoms in total. The third-order valence-electron chi connectivity index (χ3n) is 4.67. The van der Waals surface area contributed by atoms with Gasteiger partial charge in [0, 0.05) is 25.1 Å². The molecule has 1 amide bonds. The molecule has 0 aliphatic carbocycles. The molecular weight excluding hydrogens is 396 g/mol.